The normalized spacial score (nSPS) is 15.4. The Kier molecular flexibility index (Phi) is 6.63. The molecule has 0 spiro atoms. The molecule has 0 unspecified atom stereocenters. The van der Waals surface area contributed by atoms with Crippen LogP contribution in [0.2, 0.25) is 0 Å². The number of nitrogens with zero attached hydrogens (tertiary/aromatic N) is 2. The second kappa shape index (κ2) is 8.70. The van der Waals surface area contributed by atoms with Crippen LogP contribution in [0, 0.1) is 0 Å². The Morgan fingerprint density at radius 1 is 0.957 bits per heavy atom. The summed E-state index contributed by atoms with van der Waals surface area (Å²) in [5, 5.41) is 0. The van der Waals surface area contributed by atoms with Crippen molar-refractivity contribution in [2.24, 2.45) is 0 Å². The van der Waals surface area contributed by atoms with E-state index in [4.69, 9.17) is 0 Å². The molecule has 126 valence electrons. The quantitative estimate of drug-likeness (QED) is 0.837. The number of amides is 2. The number of hydrogen-bond acceptors (Lipinski definition) is 2. The van der Waals surface area contributed by atoms with Crippen LogP contribution in [0.5, 0.6) is 0 Å². The van der Waals surface area contributed by atoms with E-state index in [1.165, 1.54) is 18.4 Å². The van der Waals surface area contributed by atoms with Crippen LogP contribution in [0.3, 0.4) is 0 Å². The summed E-state index contributed by atoms with van der Waals surface area (Å²) in [5.74, 6) is 0.261. The lowest BCUT2D eigenvalue weighted by molar-refractivity contribution is -0.130. The highest BCUT2D eigenvalue weighted by atomic mass is 16.2. The van der Waals surface area contributed by atoms with Crippen LogP contribution in [0.15, 0.2) is 24.3 Å². The first-order chi connectivity index (χ1) is 11.2. The molecule has 2 amide bonds. The largest absolute Gasteiger partial charge is 0.341 e. The lowest BCUT2D eigenvalue weighted by Crippen LogP contribution is -2.37. The van der Waals surface area contributed by atoms with Crippen LogP contribution >= 0.6 is 0 Å². The number of aryl methyl sites for hydroxylation is 1. The molecule has 0 bridgehead atoms. The summed E-state index contributed by atoms with van der Waals surface area (Å²) < 4.78 is 0. The number of carbonyl (C=O) groups excluding carboxylic acids is 2. The number of hydrogen-bond donors (Lipinski definition) is 0. The SMILES string of the molecule is CCCCc1ccc(C(=O)N2CCCN(C(=O)CC)CC2)cc1. The molecule has 0 saturated carbocycles. The fourth-order valence-corrected chi connectivity index (χ4v) is 2.97. The van der Waals surface area contributed by atoms with E-state index in [0.29, 0.717) is 19.5 Å². The molecule has 1 heterocycles. The molecule has 1 fully saturated rings. The average molecular weight is 316 g/mol. The molecule has 0 aliphatic carbocycles. The fourth-order valence-electron chi connectivity index (χ4n) is 2.97. The van der Waals surface area contributed by atoms with Gasteiger partial charge in [0, 0.05) is 38.2 Å². The maximum atomic E-state index is 12.6. The lowest BCUT2D eigenvalue weighted by Gasteiger charge is -2.22. The fraction of sp³-hybridized carbons (Fsp3) is 0.579. The Labute approximate surface area is 139 Å². The summed E-state index contributed by atoms with van der Waals surface area (Å²) in [5.41, 5.74) is 2.04. The highest BCUT2D eigenvalue weighted by molar-refractivity contribution is 5.94. The monoisotopic (exact) mass is 316 g/mol. The minimum absolute atomic E-state index is 0.0813. The molecule has 1 aliphatic heterocycles. The smallest absolute Gasteiger partial charge is 0.253 e. The van der Waals surface area contributed by atoms with Crippen molar-refractivity contribution in [3.8, 4) is 0 Å². The Morgan fingerprint density at radius 2 is 1.61 bits per heavy atom. The molecule has 1 aliphatic rings. The molecule has 1 aromatic carbocycles. The zero-order valence-corrected chi connectivity index (χ0v) is 14.4. The maximum Gasteiger partial charge on any atom is 0.253 e. The van der Waals surface area contributed by atoms with Crippen molar-refractivity contribution in [2.75, 3.05) is 26.2 Å². The standard InChI is InChI=1S/C19H28N2O2/c1-3-5-7-16-8-10-17(11-9-16)19(23)21-13-6-12-20(14-15-21)18(22)4-2/h8-11H,3-7,12-15H2,1-2H3. The summed E-state index contributed by atoms with van der Waals surface area (Å²) in [4.78, 5) is 28.2. The molecular formula is C19H28N2O2. The predicted octanol–water partition coefficient (Wildman–Crippen LogP) is 3.11. The van der Waals surface area contributed by atoms with Gasteiger partial charge in [0.15, 0.2) is 0 Å². The van der Waals surface area contributed by atoms with Gasteiger partial charge in [-0.15, -0.1) is 0 Å². The van der Waals surface area contributed by atoms with Crippen LogP contribution in [0.1, 0.15) is 55.5 Å². The van der Waals surface area contributed by atoms with Crippen molar-refractivity contribution in [1.29, 1.82) is 0 Å². The van der Waals surface area contributed by atoms with Gasteiger partial charge >= 0.3 is 0 Å². The minimum atomic E-state index is 0.0813. The van der Waals surface area contributed by atoms with E-state index in [1.54, 1.807) is 0 Å². The average Bonchev–Trinajstić information content (AvgIpc) is 2.85. The first kappa shape index (κ1) is 17.5. The van der Waals surface area contributed by atoms with Crippen molar-refractivity contribution in [3.63, 3.8) is 0 Å². The molecule has 4 nitrogen and oxygen atoms in total. The zero-order valence-electron chi connectivity index (χ0n) is 14.4. The summed E-state index contributed by atoms with van der Waals surface area (Å²) >= 11 is 0. The van der Waals surface area contributed by atoms with Gasteiger partial charge in [-0.1, -0.05) is 32.4 Å². The highest BCUT2D eigenvalue weighted by Crippen LogP contribution is 2.12. The molecule has 4 heteroatoms. The summed E-state index contributed by atoms with van der Waals surface area (Å²) in [6.07, 6.45) is 4.82. The zero-order chi connectivity index (χ0) is 16.7. The van der Waals surface area contributed by atoms with Crippen molar-refractivity contribution in [3.05, 3.63) is 35.4 Å². The van der Waals surface area contributed by atoms with Gasteiger partial charge in [0.1, 0.15) is 0 Å². The van der Waals surface area contributed by atoms with E-state index in [1.807, 2.05) is 28.9 Å². The molecular weight excluding hydrogens is 288 g/mol. The number of benzene rings is 1. The third-order valence-corrected chi connectivity index (χ3v) is 4.46. The number of unbranched alkanes of at least 4 members (excludes halogenated alkanes) is 1. The summed E-state index contributed by atoms with van der Waals surface area (Å²) in [6.45, 7) is 6.82. The van der Waals surface area contributed by atoms with Gasteiger partial charge in [0.25, 0.3) is 5.91 Å². The predicted molar refractivity (Wildman–Crippen MR) is 92.4 cm³/mol. The Morgan fingerprint density at radius 3 is 2.26 bits per heavy atom. The maximum absolute atomic E-state index is 12.6. The van der Waals surface area contributed by atoms with Crippen LogP contribution < -0.4 is 0 Å². The van der Waals surface area contributed by atoms with Gasteiger partial charge in [-0.3, -0.25) is 9.59 Å². The van der Waals surface area contributed by atoms with Crippen LogP contribution in [-0.4, -0.2) is 47.8 Å². The summed E-state index contributed by atoms with van der Waals surface area (Å²) in [6, 6.07) is 8.00. The molecule has 23 heavy (non-hydrogen) atoms. The minimum Gasteiger partial charge on any atom is -0.341 e. The molecule has 2 rings (SSSR count). The van der Waals surface area contributed by atoms with Crippen LogP contribution in [0.25, 0.3) is 0 Å². The molecule has 0 atom stereocenters. The third kappa shape index (κ3) is 4.81. The van der Waals surface area contributed by atoms with Gasteiger partial charge in [0.2, 0.25) is 5.91 Å². The topological polar surface area (TPSA) is 40.6 Å². The van der Waals surface area contributed by atoms with E-state index in [-0.39, 0.29) is 11.8 Å². The Hall–Kier alpha value is -1.84. The van der Waals surface area contributed by atoms with Crippen LogP contribution in [-0.2, 0) is 11.2 Å². The molecule has 0 radical (unpaired) electrons. The van der Waals surface area contributed by atoms with Crippen molar-refractivity contribution in [2.45, 2.75) is 46.0 Å². The van der Waals surface area contributed by atoms with Gasteiger partial charge in [-0.05, 0) is 37.0 Å². The van der Waals surface area contributed by atoms with Gasteiger partial charge in [-0.2, -0.15) is 0 Å². The second-order valence-corrected chi connectivity index (χ2v) is 6.18. The molecule has 1 aromatic rings. The Bertz CT molecular complexity index is 525. The molecule has 0 N–H and O–H groups in total. The highest BCUT2D eigenvalue weighted by Gasteiger charge is 2.21. The van der Waals surface area contributed by atoms with Gasteiger partial charge in [0.05, 0.1) is 0 Å². The summed E-state index contributed by atoms with van der Waals surface area (Å²) in [7, 11) is 0. The number of rotatable bonds is 5. The third-order valence-electron chi connectivity index (χ3n) is 4.46. The van der Waals surface area contributed by atoms with E-state index >= 15 is 0 Å². The second-order valence-electron chi connectivity index (χ2n) is 6.18. The Balaban J connectivity index is 1.96. The van der Waals surface area contributed by atoms with E-state index < -0.39 is 0 Å². The van der Waals surface area contributed by atoms with E-state index in [2.05, 4.69) is 19.1 Å². The van der Waals surface area contributed by atoms with E-state index in [9.17, 15) is 9.59 Å². The lowest BCUT2D eigenvalue weighted by atomic mass is 10.1. The van der Waals surface area contributed by atoms with Gasteiger partial charge < -0.3 is 9.80 Å². The van der Waals surface area contributed by atoms with Crippen LogP contribution in [0.4, 0.5) is 0 Å². The van der Waals surface area contributed by atoms with Crippen molar-refractivity contribution < 1.29 is 9.59 Å². The molecule has 1 saturated heterocycles. The van der Waals surface area contributed by atoms with Gasteiger partial charge in [-0.25, -0.2) is 0 Å². The first-order valence-electron chi connectivity index (χ1n) is 8.81. The van der Waals surface area contributed by atoms with E-state index in [0.717, 1.165) is 31.5 Å². The first-order valence-corrected chi connectivity index (χ1v) is 8.81. The number of carbonyl (C=O) groups is 2. The molecule has 0 aromatic heterocycles. The van der Waals surface area contributed by atoms with Crippen molar-refractivity contribution >= 4 is 11.8 Å². The van der Waals surface area contributed by atoms with Crippen molar-refractivity contribution in [1.82, 2.24) is 9.80 Å².